The lowest BCUT2D eigenvalue weighted by molar-refractivity contribution is 0.0411. The predicted molar refractivity (Wildman–Crippen MR) is 73.7 cm³/mol. The van der Waals surface area contributed by atoms with Gasteiger partial charge in [0.25, 0.3) is 0 Å². The standard InChI is InChI=1S/C14H23N3O/c1-15-14-6-5-12(8-16-14)9-17(2)10-13-4-3-7-18-11-13/h5-6,8,13H,3-4,7,9-11H2,1-2H3,(H,15,16). The fraction of sp³-hybridized carbons (Fsp3) is 0.643. The summed E-state index contributed by atoms with van der Waals surface area (Å²) in [5, 5.41) is 3.03. The van der Waals surface area contributed by atoms with Crippen molar-refractivity contribution in [3.8, 4) is 0 Å². The summed E-state index contributed by atoms with van der Waals surface area (Å²) in [6, 6.07) is 4.15. The van der Waals surface area contributed by atoms with Gasteiger partial charge in [-0.3, -0.25) is 0 Å². The highest BCUT2D eigenvalue weighted by molar-refractivity contribution is 5.34. The molecule has 0 radical (unpaired) electrons. The first-order chi connectivity index (χ1) is 8.78. The Morgan fingerprint density at radius 1 is 1.50 bits per heavy atom. The molecule has 100 valence electrons. The Balaban J connectivity index is 1.80. The molecule has 0 amide bonds. The SMILES string of the molecule is CNc1ccc(CN(C)CC2CCCOC2)cn1. The fourth-order valence-corrected chi connectivity index (χ4v) is 2.43. The number of hydrogen-bond acceptors (Lipinski definition) is 4. The van der Waals surface area contributed by atoms with Crippen molar-refractivity contribution >= 4 is 5.82 Å². The van der Waals surface area contributed by atoms with Gasteiger partial charge in [-0.05, 0) is 37.4 Å². The number of aromatic nitrogens is 1. The Labute approximate surface area is 109 Å². The Kier molecular flexibility index (Phi) is 4.96. The van der Waals surface area contributed by atoms with Crippen LogP contribution in [-0.4, -0.2) is 43.7 Å². The van der Waals surface area contributed by atoms with E-state index in [4.69, 9.17) is 4.74 Å². The molecule has 2 heterocycles. The maximum Gasteiger partial charge on any atom is 0.125 e. The molecule has 1 atom stereocenters. The van der Waals surface area contributed by atoms with Crippen LogP contribution < -0.4 is 5.32 Å². The molecule has 0 aromatic carbocycles. The fourth-order valence-electron chi connectivity index (χ4n) is 2.43. The monoisotopic (exact) mass is 249 g/mol. The van der Waals surface area contributed by atoms with Crippen molar-refractivity contribution in [2.24, 2.45) is 5.92 Å². The van der Waals surface area contributed by atoms with Crippen LogP contribution >= 0.6 is 0 Å². The van der Waals surface area contributed by atoms with Crippen LogP contribution in [0.3, 0.4) is 0 Å². The van der Waals surface area contributed by atoms with Gasteiger partial charge in [-0.25, -0.2) is 4.98 Å². The molecule has 4 nitrogen and oxygen atoms in total. The van der Waals surface area contributed by atoms with E-state index < -0.39 is 0 Å². The highest BCUT2D eigenvalue weighted by Crippen LogP contribution is 2.15. The van der Waals surface area contributed by atoms with Gasteiger partial charge in [-0.1, -0.05) is 6.07 Å². The molecule has 1 aromatic rings. The van der Waals surface area contributed by atoms with E-state index in [1.807, 2.05) is 19.3 Å². The van der Waals surface area contributed by atoms with Crippen LogP contribution in [0.1, 0.15) is 18.4 Å². The van der Waals surface area contributed by atoms with E-state index in [1.165, 1.54) is 18.4 Å². The number of hydrogen-bond donors (Lipinski definition) is 1. The van der Waals surface area contributed by atoms with E-state index in [1.54, 1.807) is 0 Å². The van der Waals surface area contributed by atoms with Crippen molar-refractivity contribution in [2.75, 3.05) is 39.2 Å². The number of nitrogens with one attached hydrogen (secondary N) is 1. The maximum absolute atomic E-state index is 5.52. The molecule has 18 heavy (non-hydrogen) atoms. The van der Waals surface area contributed by atoms with Gasteiger partial charge in [0.1, 0.15) is 5.82 Å². The van der Waals surface area contributed by atoms with Crippen molar-refractivity contribution in [1.82, 2.24) is 9.88 Å². The first-order valence-corrected chi connectivity index (χ1v) is 6.67. The summed E-state index contributed by atoms with van der Waals surface area (Å²) in [4.78, 5) is 6.69. The number of rotatable bonds is 5. The molecular weight excluding hydrogens is 226 g/mol. The average molecular weight is 249 g/mol. The summed E-state index contributed by atoms with van der Waals surface area (Å²) < 4.78 is 5.52. The van der Waals surface area contributed by atoms with E-state index in [-0.39, 0.29) is 0 Å². The maximum atomic E-state index is 5.52. The molecule has 1 aromatic heterocycles. The van der Waals surface area contributed by atoms with Crippen molar-refractivity contribution in [2.45, 2.75) is 19.4 Å². The highest BCUT2D eigenvalue weighted by atomic mass is 16.5. The predicted octanol–water partition coefficient (Wildman–Crippen LogP) is 1.98. The quantitative estimate of drug-likeness (QED) is 0.866. The lowest BCUT2D eigenvalue weighted by Crippen LogP contribution is -2.30. The van der Waals surface area contributed by atoms with Gasteiger partial charge in [-0.15, -0.1) is 0 Å². The molecule has 2 rings (SSSR count). The van der Waals surface area contributed by atoms with Gasteiger partial charge in [-0.2, -0.15) is 0 Å². The number of anilines is 1. The third kappa shape index (κ3) is 3.96. The molecule has 1 aliphatic rings. The number of ether oxygens (including phenoxy) is 1. The van der Waals surface area contributed by atoms with Crippen molar-refractivity contribution < 1.29 is 4.74 Å². The molecule has 1 saturated heterocycles. The highest BCUT2D eigenvalue weighted by Gasteiger charge is 2.15. The summed E-state index contributed by atoms with van der Waals surface area (Å²) in [5.74, 6) is 1.61. The second-order valence-electron chi connectivity index (χ2n) is 5.08. The first-order valence-electron chi connectivity index (χ1n) is 6.67. The van der Waals surface area contributed by atoms with Crippen LogP contribution in [0, 0.1) is 5.92 Å². The van der Waals surface area contributed by atoms with Gasteiger partial charge in [0, 0.05) is 32.9 Å². The molecular formula is C14H23N3O. The van der Waals surface area contributed by atoms with Gasteiger partial charge >= 0.3 is 0 Å². The molecule has 0 aliphatic carbocycles. The zero-order valence-electron chi connectivity index (χ0n) is 11.4. The molecule has 1 fully saturated rings. The molecule has 1 N–H and O–H groups in total. The second kappa shape index (κ2) is 6.71. The van der Waals surface area contributed by atoms with E-state index in [0.29, 0.717) is 5.92 Å². The normalized spacial score (nSPS) is 20.1. The lowest BCUT2D eigenvalue weighted by atomic mass is 10.0. The van der Waals surface area contributed by atoms with Crippen molar-refractivity contribution in [3.63, 3.8) is 0 Å². The summed E-state index contributed by atoms with van der Waals surface area (Å²) in [6.45, 7) is 3.91. The third-order valence-electron chi connectivity index (χ3n) is 3.36. The van der Waals surface area contributed by atoms with E-state index >= 15 is 0 Å². The van der Waals surface area contributed by atoms with Crippen LogP contribution in [0.15, 0.2) is 18.3 Å². The summed E-state index contributed by atoms with van der Waals surface area (Å²) in [7, 11) is 4.05. The van der Waals surface area contributed by atoms with E-state index in [0.717, 1.165) is 32.1 Å². The third-order valence-corrected chi connectivity index (χ3v) is 3.36. The van der Waals surface area contributed by atoms with Gasteiger partial charge < -0.3 is 15.0 Å². The van der Waals surface area contributed by atoms with Crippen LogP contribution in [0.4, 0.5) is 5.82 Å². The number of pyridine rings is 1. The van der Waals surface area contributed by atoms with Crippen LogP contribution in [0.25, 0.3) is 0 Å². The first kappa shape index (κ1) is 13.3. The van der Waals surface area contributed by atoms with E-state index in [2.05, 4.69) is 28.3 Å². The summed E-state index contributed by atoms with van der Waals surface area (Å²) in [6.07, 6.45) is 4.44. The number of nitrogens with zero attached hydrogens (tertiary/aromatic N) is 2. The zero-order valence-corrected chi connectivity index (χ0v) is 11.4. The minimum absolute atomic E-state index is 0.688. The molecule has 0 spiro atoms. The Hall–Kier alpha value is -1.13. The Bertz CT molecular complexity index is 347. The molecule has 4 heteroatoms. The Morgan fingerprint density at radius 2 is 2.39 bits per heavy atom. The summed E-state index contributed by atoms with van der Waals surface area (Å²) >= 11 is 0. The largest absolute Gasteiger partial charge is 0.381 e. The molecule has 0 saturated carbocycles. The summed E-state index contributed by atoms with van der Waals surface area (Å²) in [5.41, 5.74) is 1.26. The molecule has 1 unspecified atom stereocenters. The zero-order chi connectivity index (χ0) is 12.8. The smallest absolute Gasteiger partial charge is 0.125 e. The van der Waals surface area contributed by atoms with Gasteiger partial charge in [0.2, 0.25) is 0 Å². The van der Waals surface area contributed by atoms with Crippen LogP contribution in [0.2, 0.25) is 0 Å². The molecule has 1 aliphatic heterocycles. The average Bonchev–Trinajstić information content (AvgIpc) is 2.40. The topological polar surface area (TPSA) is 37.4 Å². The second-order valence-corrected chi connectivity index (χ2v) is 5.08. The van der Waals surface area contributed by atoms with Gasteiger partial charge in [0.15, 0.2) is 0 Å². The van der Waals surface area contributed by atoms with Crippen LogP contribution in [-0.2, 0) is 11.3 Å². The van der Waals surface area contributed by atoms with Crippen molar-refractivity contribution in [3.05, 3.63) is 23.9 Å². The van der Waals surface area contributed by atoms with Gasteiger partial charge in [0.05, 0.1) is 6.61 Å². The Morgan fingerprint density at radius 3 is 3.00 bits per heavy atom. The minimum atomic E-state index is 0.688. The van der Waals surface area contributed by atoms with Crippen LogP contribution in [0.5, 0.6) is 0 Å². The lowest BCUT2D eigenvalue weighted by Gasteiger charge is -2.27. The van der Waals surface area contributed by atoms with E-state index in [9.17, 15) is 0 Å². The van der Waals surface area contributed by atoms with Crippen molar-refractivity contribution in [1.29, 1.82) is 0 Å². The molecule has 0 bridgehead atoms. The minimum Gasteiger partial charge on any atom is -0.381 e.